The highest BCUT2D eigenvalue weighted by atomic mass is 16.6. The molecule has 0 aliphatic heterocycles. The van der Waals surface area contributed by atoms with E-state index in [4.69, 9.17) is 4.74 Å². The van der Waals surface area contributed by atoms with Crippen LogP contribution < -0.4 is 0 Å². The van der Waals surface area contributed by atoms with Crippen molar-refractivity contribution in [3.8, 4) is 0 Å². The van der Waals surface area contributed by atoms with Crippen LogP contribution in [0.3, 0.4) is 0 Å². The summed E-state index contributed by atoms with van der Waals surface area (Å²) in [5.41, 5.74) is 1.59. The van der Waals surface area contributed by atoms with E-state index in [9.17, 15) is 4.79 Å². The lowest BCUT2D eigenvalue weighted by atomic mass is 10.0. The van der Waals surface area contributed by atoms with Crippen LogP contribution in [0.1, 0.15) is 45.2 Å². The maximum absolute atomic E-state index is 12.7. The Hall–Kier alpha value is -2.03. The lowest BCUT2D eigenvalue weighted by Crippen LogP contribution is -2.40. The fraction of sp³-hybridized carbons (Fsp3) is 0.450. The average molecular weight is 313 g/mol. The largest absolute Gasteiger partial charge is 0.444 e. The van der Waals surface area contributed by atoms with Crippen LogP contribution in [0.25, 0.3) is 0 Å². The summed E-state index contributed by atoms with van der Waals surface area (Å²) in [4.78, 5) is 14.5. The summed E-state index contributed by atoms with van der Waals surface area (Å²) in [5, 5.41) is 0. The maximum Gasteiger partial charge on any atom is 0.411 e. The molecule has 0 aromatic heterocycles. The van der Waals surface area contributed by atoms with Crippen LogP contribution in [0.5, 0.6) is 0 Å². The van der Waals surface area contributed by atoms with E-state index in [1.807, 2.05) is 51.1 Å². The molecule has 23 heavy (non-hydrogen) atoms. The first-order valence-corrected chi connectivity index (χ1v) is 8.16. The minimum atomic E-state index is -0.529. The molecule has 0 N–H and O–H groups in total. The summed E-state index contributed by atoms with van der Waals surface area (Å²) >= 11 is 0. The summed E-state index contributed by atoms with van der Waals surface area (Å²) in [7, 11) is 0. The standard InChI is InChI=1S/C20H27NO2/c1-6-18(17-10-8-7-9-11-17)21(14-15(2)16-12-13-16)19(22)23-20(3,4)5/h6-11,16,18H,1-2,12-14H2,3-5H3. The third kappa shape index (κ3) is 4.98. The molecule has 1 atom stereocenters. The number of benzene rings is 1. The molecule has 0 bridgehead atoms. The van der Waals surface area contributed by atoms with Crippen LogP contribution >= 0.6 is 0 Å². The van der Waals surface area contributed by atoms with E-state index in [2.05, 4.69) is 13.2 Å². The lowest BCUT2D eigenvalue weighted by Gasteiger charge is -2.33. The second-order valence-electron chi connectivity index (χ2n) is 7.13. The second-order valence-corrected chi connectivity index (χ2v) is 7.13. The minimum Gasteiger partial charge on any atom is -0.444 e. The van der Waals surface area contributed by atoms with E-state index < -0.39 is 5.60 Å². The van der Waals surface area contributed by atoms with Crippen molar-refractivity contribution in [2.75, 3.05) is 6.54 Å². The second kappa shape index (κ2) is 7.03. The molecule has 1 saturated carbocycles. The molecule has 1 aromatic carbocycles. The summed E-state index contributed by atoms with van der Waals surface area (Å²) in [6.45, 7) is 14.2. The van der Waals surface area contributed by atoms with Crippen molar-refractivity contribution in [1.29, 1.82) is 0 Å². The molecule has 1 aliphatic rings. The third-order valence-electron chi connectivity index (χ3n) is 3.86. The number of rotatable bonds is 6. The van der Waals surface area contributed by atoms with Crippen LogP contribution in [0.2, 0.25) is 0 Å². The van der Waals surface area contributed by atoms with Crippen molar-refractivity contribution in [2.45, 2.75) is 45.3 Å². The molecule has 0 spiro atoms. The molecule has 0 saturated heterocycles. The Balaban J connectivity index is 2.24. The molecule has 3 heteroatoms. The number of ether oxygens (including phenoxy) is 1. The number of nitrogens with zero attached hydrogens (tertiary/aromatic N) is 1. The predicted molar refractivity (Wildman–Crippen MR) is 94.2 cm³/mol. The van der Waals surface area contributed by atoms with Crippen molar-refractivity contribution in [3.63, 3.8) is 0 Å². The van der Waals surface area contributed by atoms with Gasteiger partial charge in [0.2, 0.25) is 0 Å². The van der Waals surface area contributed by atoms with Gasteiger partial charge in [0.1, 0.15) is 5.60 Å². The molecule has 1 aromatic rings. The molecule has 0 radical (unpaired) electrons. The van der Waals surface area contributed by atoms with Crippen molar-refractivity contribution in [1.82, 2.24) is 4.90 Å². The van der Waals surface area contributed by atoms with Gasteiger partial charge < -0.3 is 4.74 Å². The number of hydrogen-bond acceptors (Lipinski definition) is 2. The van der Waals surface area contributed by atoms with Crippen molar-refractivity contribution in [3.05, 3.63) is 60.7 Å². The third-order valence-corrected chi connectivity index (χ3v) is 3.86. The molecule has 1 unspecified atom stereocenters. The number of carbonyl (C=O) groups excluding carboxylic acids is 1. The highest BCUT2D eigenvalue weighted by molar-refractivity contribution is 5.69. The Morgan fingerprint density at radius 1 is 1.35 bits per heavy atom. The van der Waals surface area contributed by atoms with E-state index in [0.29, 0.717) is 12.5 Å². The van der Waals surface area contributed by atoms with Gasteiger partial charge in [-0.05, 0) is 45.1 Å². The zero-order chi connectivity index (χ0) is 17.0. The normalized spacial score (nSPS) is 15.6. The fourth-order valence-corrected chi connectivity index (χ4v) is 2.53. The quantitative estimate of drug-likeness (QED) is 0.682. The van der Waals surface area contributed by atoms with Crippen LogP contribution in [0.15, 0.2) is 55.1 Å². The Kier molecular flexibility index (Phi) is 5.30. The molecular weight excluding hydrogens is 286 g/mol. The fourth-order valence-electron chi connectivity index (χ4n) is 2.53. The van der Waals surface area contributed by atoms with Crippen LogP contribution in [0, 0.1) is 5.92 Å². The summed E-state index contributed by atoms with van der Waals surface area (Å²) in [6, 6.07) is 9.68. The first kappa shape index (κ1) is 17.3. The molecule has 1 amide bonds. The van der Waals surface area contributed by atoms with E-state index in [-0.39, 0.29) is 12.1 Å². The van der Waals surface area contributed by atoms with E-state index in [1.54, 1.807) is 11.0 Å². The number of carbonyl (C=O) groups is 1. The highest BCUT2D eigenvalue weighted by Crippen LogP contribution is 2.37. The van der Waals surface area contributed by atoms with Gasteiger partial charge in [-0.1, -0.05) is 48.6 Å². The van der Waals surface area contributed by atoms with Crippen molar-refractivity contribution < 1.29 is 9.53 Å². The Morgan fingerprint density at radius 3 is 2.43 bits per heavy atom. The Labute approximate surface area is 139 Å². The zero-order valence-electron chi connectivity index (χ0n) is 14.4. The molecular formula is C20H27NO2. The van der Waals surface area contributed by atoms with E-state index in [0.717, 1.165) is 11.1 Å². The monoisotopic (exact) mass is 313 g/mol. The van der Waals surface area contributed by atoms with Gasteiger partial charge in [-0.3, -0.25) is 4.90 Å². The van der Waals surface area contributed by atoms with Gasteiger partial charge >= 0.3 is 6.09 Å². The van der Waals surface area contributed by atoms with Gasteiger partial charge in [0.15, 0.2) is 0 Å². The van der Waals surface area contributed by atoms with Crippen LogP contribution in [0.4, 0.5) is 4.79 Å². The highest BCUT2D eigenvalue weighted by Gasteiger charge is 2.32. The molecule has 1 fully saturated rings. The summed E-state index contributed by atoms with van der Waals surface area (Å²) in [5.74, 6) is 0.543. The predicted octanol–water partition coefficient (Wildman–Crippen LogP) is 5.12. The summed E-state index contributed by atoms with van der Waals surface area (Å²) in [6.07, 6.45) is 3.81. The van der Waals surface area contributed by atoms with Gasteiger partial charge in [0, 0.05) is 6.54 Å². The number of hydrogen-bond donors (Lipinski definition) is 0. The topological polar surface area (TPSA) is 29.5 Å². The average Bonchev–Trinajstić information content (AvgIpc) is 3.30. The molecule has 124 valence electrons. The van der Waals surface area contributed by atoms with Gasteiger partial charge in [-0.2, -0.15) is 0 Å². The SMILES string of the molecule is C=CC(c1ccccc1)N(CC(=C)C1CC1)C(=O)OC(C)(C)C. The van der Waals surface area contributed by atoms with E-state index in [1.165, 1.54) is 12.8 Å². The van der Waals surface area contributed by atoms with Crippen molar-refractivity contribution >= 4 is 6.09 Å². The van der Waals surface area contributed by atoms with Gasteiger partial charge in [0.05, 0.1) is 6.04 Å². The smallest absolute Gasteiger partial charge is 0.411 e. The molecule has 2 rings (SSSR count). The van der Waals surface area contributed by atoms with Crippen LogP contribution in [-0.4, -0.2) is 23.1 Å². The zero-order valence-corrected chi connectivity index (χ0v) is 14.4. The lowest BCUT2D eigenvalue weighted by molar-refractivity contribution is 0.0215. The molecule has 3 nitrogen and oxygen atoms in total. The van der Waals surface area contributed by atoms with Gasteiger partial charge in [-0.25, -0.2) is 4.79 Å². The van der Waals surface area contributed by atoms with E-state index >= 15 is 0 Å². The van der Waals surface area contributed by atoms with Crippen molar-refractivity contribution in [2.24, 2.45) is 5.92 Å². The number of amides is 1. The summed E-state index contributed by atoms with van der Waals surface area (Å²) < 4.78 is 5.60. The maximum atomic E-state index is 12.7. The molecule has 1 aliphatic carbocycles. The van der Waals surface area contributed by atoms with Crippen LogP contribution in [-0.2, 0) is 4.74 Å². The first-order valence-electron chi connectivity index (χ1n) is 8.16. The molecule has 0 heterocycles. The Bertz CT molecular complexity index is 567. The first-order chi connectivity index (χ1) is 10.8. The Morgan fingerprint density at radius 2 is 1.96 bits per heavy atom. The van der Waals surface area contributed by atoms with Gasteiger partial charge in [-0.15, -0.1) is 6.58 Å². The minimum absolute atomic E-state index is 0.221. The van der Waals surface area contributed by atoms with Gasteiger partial charge in [0.25, 0.3) is 0 Å².